The van der Waals surface area contributed by atoms with Crippen LogP contribution in [0, 0.1) is 5.92 Å². The largest absolute Gasteiger partial charge is 0.379 e. The number of nitrogens with zero attached hydrogens (tertiary/aromatic N) is 5. The fourth-order valence-corrected chi connectivity index (χ4v) is 4.34. The number of piperazine rings is 1. The number of hydrogen-bond acceptors (Lipinski definition) is 6. The van der Waals surface area contributed by atoms with Crippen molar-refractivity contribution in [2.45, 2.75) is 33.4 Å². The number of aliphatic imine (C=N–C) groups is 1. The Balaban J connectivity index is 0.00000363. The van der Waals surface area contributed by atoms with E-state index in [1.54, 1.807) is 0 Å². The number of halogens is 1. The van der Waals surface area contributed by atoms with Gasteiger partial charge in [-0.2, -0.15) is 0 Å². The second-order valence-corrected chi connectivity index (χ2v) is 8.71. The predicted molar refractivity (Wildman–Crippen MR) is 143 cm³/mol. The predicted octanol–water partition coefficient (Wildman–Crippen LogP) is 1.86. The van der Waals surface area contributed by atoms with Gasteiger partial charge in [0.1, 0.15) is 5.82 Å². The molecule has 1 unspecified atom stereocenters. The van der Waals surface area contributed by atoms with Crippen LogP contribution in [0.15, 0.2) is 23.3 Å². The topological polar surface area (TPSA) is 68.3 Å². The van der Waals surface area contributed by atoms with Gasteiger partial charge in [-0.05, 0) is 30.2 Å². The molecule has 0 saturated carbocycles. The number of rotatable bonds is 8. The molecule has 9 heteroatoms. The van der Waals surface area contributed by atoms with Gasteiger partial charge in [0.05, 0.1) is 13.2 Å². The molecule has 2 saturated heterocycles. The van der Waals surface area contributed by atoms with Gasteiger partial charge in [-0.15, -0.1) is 24.0 Å². The molecule has 2 fully saturated rings. The van der Waals surface area contributed by atoms with Crippen LogP contribution < -0.4 is 15.5 Å². The SMILES string of the molecule is CCN1CCN(c2cc(CNC(=NC)NCC(C(C)C)N3CCOCC3)ccn2)CC1.I. The van der Waals surface area contributed by atoms with Gasteiger partial charge in [0.25, 0.3) is 0 Å². The van der Waals surface area contributed by atoms with Crippen molar-refractivity contribution in [2.24, 2.45) is 10.9 Å². The van der Waals surface area contributed by atoms with E-state index in [2.05, 4.69) is 68.2 Å². The maximum Gasteiger partial charge on any atom is 0.191 e. The van der Waals surface area contributed by atoms with Crippen molar-refractivity contribution in [1.82, 2.24) is 25.4 Å². The summed E-state index contributed by atoms with van der Waals surface area (Å²) in [5, 5.41) is 7.00. The van der Waals surface area contributed by atoms with Gasteiger partial charge in [0.15, 0.2) is 5.96 Å². The summed E-state index contributed by atoms with van der Waals surface area (Å²) in [6.45, 7) is 17.5. The number of ether oxygens (including phenoxy) is 1. The second-order valence-electron chi connectivity index (χ2n) is 8.71. The first kappa shape index (κ1) is 27.1. The lowest BCUT2D eigenvalue weighted by Gasteiger charge is -2.37. The normalized spacial score (nSPS) is 19.5. The number of hydrogen-bond donors (Lipinski definition) is 2. The third-order valence-electron chi connectivity index (χ3n) is 6.40. The molecule has 32 heavy (non-hydrogen) atoms. The van der Waals surface area contributed by atoms with Gasteiger partial charge in [-0.1, -0.05) is 20.8 Å². The molecule has 182 valence electrons. The Morgan fingerprint density at radius 3 is 2.47 bits per heavy atom. The molecule has 0 aliphatic carbocycles. The van der Waals surface area contributed by atoms with E-state index in [1.165, 1.54) is 5.56 Å². The highest BCUT2D eigenvalue weighted by molar-refractivity contribution is 14.0. The number of likely N-dealkylation sites (N-methyl/N-ethyl adjacent to an activating group) is 1. The minimum absolute atomic E-state index is 0. The summed E-state index contributed by atoms with van der Waals surface area (Å²) in [4.78, 5) is 16.4. The van der Waals surface area contributed by atoms with Crippen molar-refractivity contribution in [3.63, 3.8) is 0 Å². The maximum atomic E-state index is 5.52. The molecule has 1 atom stereocenters. The minimum atomic E-state index is 0. The first-order valence-corrected chi connectivity index (χ1v) is 11.8. The maximum absolute atomic E-state index is 5.52. The summed E-state index contributed by atoms with van der Waals surface area (Å²) in [5.74, 6) is 2.48. The highest BCUT2D eigenvalue weighted by Crippen LogP contribution is 2.15. The zero-order valence-corrected chi connectivity index (χ0v) is 22.5. The van der Waals surface area contributed by atoms with Crippen LogP contribution in [0.25, 0.3) is 0 Å². The number of nitrogens with one attached hydrogen (secondary N) is 2. The molecule has 1 aromatic heterocycles. The summed E-state index contributed by atoms with van der Waals surface area (Å²) in [6, 6.07) is 4.75. The molecule has 0 bridgehead atoms. The standard InChI is InChI=1S/C23H41N7O.HI/c1-5-28-8-10-30(11-9-28)22-16-20(6-7-25-22)17-26-23(24-4)27-18-21(19(2)3)29-12-14-31-15-13-29;/h6-7,16,19,21H,5,8-15,17-18H2,1-4H3,(H2,24,26,27);1H. The van der Waals surface area contributed by atoms with E-state index < -0.39 is 0 Å². The summed E-state index contributed by atoms with van der Waals surface area (Å²) in [7, 11) is 1.83. The average Bonchev–Trinajstić information content (AvgIpc) is 2.82. The molecule has 3 heterocycles. The molecule has 2 aliphatic rings. The molecule has 0 spiro atoms. The van der Waals surface area contributed by atoms with Gasteiger partial charge in [0.2, 0.25) is 0 Å². The fraction of sp³-hybridized carbons (Fsp3) is 0.739. The Morgan fingerprint density at radius 1 is 1.12 bits per heavy atom. The molecule has 2 N–H and O–H groups in total. The lowest BCUT2D eigenvalue weighted by molar-refractivity contribution is 0.00752. The number of aromatic nitrogens is 1. The highest BCUT2D eigenvalue weighted by Gasteiger charge is 2.24. The van der Waals surface area contributed by atoms with Crippen LogP contribution >= 0.6 is 24.0 Å². The van der Waals surface area contributed by atoms with Gasteiger partial charge >= 0.3 is 0 Å². The average molecular weight is 560 g/mol. The molecule has 0 amide bonds. The molecular weight excluding hydrogens is 517 g/mol. The lowest BCUT2D eigenvalue weighted by atomic mass is 10.0. The second kappa shape index (κ2) is 14.2. The van der Waals surface area contributed by atoms with Crippen LogP contribution in [-0.2, 0) is 11.3 Å². The minimum Gasteiger partial charge on any atom is -0.379 e. The molecule has 1 aromatic rings. The van der Waals surface area contributed by atoms with Crippen LogP contribution in [0.3, 0.4) is 0 Å². The van der Waals surface area contributed by atoms with Crippen molar-refractivity contribution in [3.8, 4) is 0 Å². The van der Waals surface area contributed by atoms with Crippen molar-refractivity contribution in [2.75, 3.05) is 77.5 Å². The Labute approximate surface area is 211 Å². The number of pyridine rings is 1. The third kappa shape index (κ3) is 8.00. The zero-order valence-electron chi connectivity index (χ0n) is 20.2. The summed E-state index contributed by atoms with van der Waals surface area (Å²) in [6.07, 6.45) is 1.92. The molecule has 0 aromatic carbocycles. The third-order valence-corrected chi connectivity index (χ3v) is 6.40. The number of anilines is 1. The first-order valence-electron chi connectivity index (χ1n) is 11.8. The Bertz CT molecular complexity index is 689. The van der Waals surface area contributed by atoms with E-state index in [0.29, 0.717) is 12.0 Å². The van der Waals surface area contributed by atoms with Gasteiger partial charge < -0.3 is 25.2 Å². The van der Waals surface area contributed by atoms with E-state index in [9.17, 15) is 0 Å². The van der Waals surface area contributed by atoms with Gasteiger partial charge in [0, 0.05) is 71.6 Å². The fourth-order valence-electron chi connectivity index (χ4n) is 4.34. The van der Waals surface area contributed by atoms with Gasteiger partial charge in [-0.25, -0.2) is 4.98 Å². The van der Waals surface area contributed by atoms with Crippen LogP contribution in [-0.4, -0.2) is 99.4 Å². The van der Waals surface area contributed by atoms with Crippen LogP contribution in [0.5, 0.6) is 0 Å². The van der Waals surface area contributed by atoms with Crippen LogP contribution in [0.1, 0.15) is 26.3 Å². The van der Waals surface area contributed by atoms with Crippen molar-refractivity contribution < 1.29 is 4.74 Å². The lowest BCUT2D eigenvalue weighted by Crippen LogP contribution is -2.52. The smallest absolute Gasteiger partial charge is 0.191 e. The molecule has 0 radical (unpaired) electrons. The van der Waals surface area contributed by atoms with E-state index in [-0.39, 0.29) is 24.0 Å². The summed E-state index contributed by atoms with van der Waals surface area (Å²) < 4.78 is 5.52. The van der Waals surface area contributed by atoms with Crippen molar-refractivity contribution >= 4 is 35.8 Å². The van der Waals surface area contributed by atoms with Crippen molar-refractivity contribution in [1.29, 1.82) is 0 Å². The number of morpholine rings is 1. The summed E-state index contributed by atoms with van der Waals surface area (Å²) >= 11 is 0. The van der Waals surface area contributed by atoms with E-state index >= 15 is 0 Å². The zero-order chi connectivity index (χ0) is 22.1. The van der Waals surface area contributed by atoms with Gasteiger partial charge in [-0.3, -0.25) is 9.89 Å². The van der Waals surface area contributed by atoms with E-state index in [1.807, 2.05) is 13.2 Å². The first-order chi connectivity index (χ1) is 15.1. The quantitative estimate of drug-likeness (QED) is 0.287. The molecule has 2 aliphatic heterocycles. The molecule has 8 nitrogen and oxygen atoms in total. The molecule has 3 rings (SSSR count). The Kier molecular flexibility index (Phi) is 12.0. The number of guanidine groups is 1. The van der Waals surface area contributed by atoms with Crippen LogP contribution in [0.2, 0.25) is 0 Å². The Morgan fingerprint density at radius 2 is 1.84 bits per heavy atom. The Hall–Kier alpha value is -1.17. The van der Waals surface area contributed by atoms with Crippen LogP contribution in [0.4, 0.5) is 5.82 Å². The van der Waals surface area contributed by atoms with Crippen molar-refractivity contribution in [3.05, 3.63) is 23.9 Å². The monoisotopic (exact) mass is 559 g/mol. The van der Waals surface area contributed by atoms with E-state index in [4.69, 9.17) is 4.74 Å². The van der Waals surface area contributed by atoms with E-state index in [0.717, 1.165) is 83.9 Å². The highest BCUT2D eigenvalue weighted by atomic mass is 127. The summed E-state index contributed by atoms with van der Waals surface area (Å²) in [5.41, 5.74) is 1.22. The molecular formula is C23H42IN7O.